The summed E-state index contributed by atoms with van der Waals surface area (Å²) in [7, 11) is 0. The van der Waals surface area contributed by atoms with Gasteiger partial charge in [-0.3, -0.25) is 0 Å². The number of nitrogens with zero attached hydrogens (tertiary/aromatic N) is 1. The minimum Gasteiger partial charge on any atom is -0.394 e. The van der Waals surface area contributed by atoms with E-state index < -0.39 is 6.04 Å². The highest BCUT2D eigenvalue weighted by Crippen LogP contribution is 2.24. The fourth-order valence-electron chi connectivity index (χ4n) is 0.911. The first kappa shape index (κ1) is 10.2. The van der Waals surface area contributed by atoms with Gasteiger partial charge in [0.25, 0.3) is 0 Å². The van der Waals surface area contributed by atoms with E-state index in [-0.39, 0.29) is 12.0 Å². The highest BCUT2D eigenvalue weighted by molar-refractivity contribution is 5.15. The number of hydrogen-bond acceptors (Lipinski definition) is 4. The molecule has 0 saturated carbocycles. The third-order valence-corrected chi connectivity index (χ3v) is 1.84. The molecule has 0 aliphatic carbocycles. The van der Waals surface area contributed by atoms with Gasteiger partial charge in [0.1, 0.15) is 11.5 Å². The molecule has 3 N–H and O–H groups in total. The zero-order valence-corrected chi connectivity index (χ0v) is 8.24. The number of aliphatic hydroxyl groups is 1. The molecule has 0 radical (unpaired) electrons. The van der Waals surface area contributed by atoms with Crippen molar-refractivity contribution in [2.45, 2.75) is 32.2 Å². The standard InChI is InChI=1S/C9H16N2O2/c1-9(2,3)8-4-7(11-13-8)6(10)5-12/h4,6,12H,5,10H2,1-3H3. The van der Waals surface area contributed by atoms with Crippen LogP contribution in [0.1, 0.15) is 38.3 Å². The molecule has 1 atom stereocenters. The Hall–Kier alpha value is -0.870. The van der Waals surface area contributed by atoms with Gasteiger partial charge < -0.3 is 15.4 Å². The largest absolute Gasteiger partial charge is 0.394 e. The van der Waals surface area contributed by atoms with E-state index in [0.717, 1.165) is 5.76 Å². The Balaban J connectivity index is 2.87. The molecule has 13 heavy (non-hydrogen) atoms. The van der Waals surface area contributed by atoms with Crippen LogP contribution in [-0.4, -0.2) is 16.9 Å². The zero-order chi connectivity index (χ0) is 10.1. The minimum absolute atomic E-state index is 0.0690. The Morgan fingerprint density at radius 3 is 2.62 bits per heavy atom. The van der Waals surface area contributed by atoms with Crippen LogP contribution in [0, 0.1) is 0 Å². The lowest BCUT2D eigenvalue weighted by Gasteiger charge is -2.12. The molecule has 74 valence electrons. The number of aromatic nitrogens is 1. The summed E-state index contributed by atoms with van der Waals surface area (Å²) in [4.78, 5) is 0. The fourth-order valence-corrected chi connectivity index (χ4v) is 0.911. The van der Waals surface area contributed by atoms with Crippen LogP contribution in [0.4, 0.5) is 0 Å². The van der Waals surface area contributed by atoms with E-state index in [4.69, 9.17) is 15.4 Å². The van der Waals surface area contributed by atoms with Crippen molar-refractivity contribution in [3.05, 3.63) is 17.5 Å². The highest BCUT2D eigenvalue weighted by Gasteiger charge is 2.21. The topological polar surface area (TPSA) is 72.3 Å². The van der Waals surface area contributed by atoms with Crippen molar-refractivity contribution in [3.8, 4) is 0 Å². The molecule has 0 spiro atoms. The van der Waals surface area contributed by atoms with E-state index in [1.54, 1.807) is 6.07 Å². The quantitative estimate of drug-likeness (QED) is 0.718. The normalized spacial score (nSPS) is 14.5. The fraction of sp³-hybridized carbons (Fsp3) is 0.667. The summed E-state index contributed by atoms with van der Waals surface area (Å²) in [5, 5.41) is 12.6. The predicted molar refractivity (Wildman–Crippen MR) is 49.2 cm³/mol. The Bertz CT molecular complexity index is 275. The van der Waals surface area contributed by atoms with Crippen LogP contribution in [-0.2, 0) is 5.41 Å². The predicted octanol–water partition coefficient (Wildman–Crippen LogP) is 0.964. The maximum Gasteiger partial charge on any atom is 0.142 e. The van der Waals surface area contributed by atoms with Crippen LogP contribution < -0.4 is 5.73 Å². The average molecular weight is 184 g/mol. The van der Waals surface area contributed by atoms with E-state index in [9.17, 15) is 0 Å². The van der Waals surface area contributed by atoms with Gasteiger partial charge in [0.15, 0.2) is 0 Å². The van der Waals surface area contributed by atoms with Gasteiger partial charge in [0, 0.05) is 11.5 Å². The molecule has 4 nitrogen and oxygen atoms in total. The molecule has 0 bridgehead atoms. The van der Waals surface area contributed by atoms with Crippen molar-refractivity contribution in [3.63, 3.8) is 0 Å². The molecule has 1 aromatic rings. The van der Waals surface area contributed by atoms with Gasteiger partial charge in [0.05, 0.1) is 12.6 Å². The monoisotopic (exact) mass is 184 g/mol. The first-order valence-corrected chi connectivity index (χ1v) is 4.28. The van der Waals surface area contributed by atoms with E-state index >= 15 is 0 Å². The van der Waals surface area contributed by atoms with Crippen LogP contribution >= 0.6 is 0 Å². The van der Waals surface area contributed by atoms with Crippen LogP contribution in [0.3, 0.4) is 0 Å². The van der Waals surface area contributed by atoms with E-state index in [2.05, 4.69) is 5.16 Å². The van der Waals surface area contributed by atoms with Crippen LogP contribution in [0.2, 0.25) is 0 Å². The van der Waals surface area contributed by atoms with Gasteiger partial charge in [0.2, 0.25) is 0 Å². The summed E-state index contributed by atoms with van der Waals surface area (Å²) in [5.74, 6) is 0.784. The zero-order valence-electron chi connectivity index (χ0n) is 8.24. The number of hydrogen-bond donors (Lipinski definition) is 2. The Kier molecular flexibility index (Phi) is 2.73. The van der Waals surface area contributed by atoms with Gasteiger partial charge in [-0.05, 0) is 0 Å². The first-order valence-electron chi connectivity index (χ1n) is 4.28. The molecule has 0 fully saturated rings. The van der Waals surface area contributed by atoms with Crippen molar-refractivity contribution < 1.29 is 9.63 Å². The molecule has 4 heteroatoms. The molecular weight excluding hydrogens is 168 g/mol. The van der Waals surface area contributed by atoms with E-state index in [1.165, 1.54) is 0 Å². The number of nitrogens with two attached hydrogens (primary N) is 1. The second kappa shape index (κ2) is 3.47. The molecule has 1 heterocycles. The first-order chi connectivity index (χ1) is 5.95. The Morgan fingerprint density at radius 2 is 2.23 bits per heavy atom. The SMILES string of the molecule is CC(C)(C)c1cc(C(N)CO)no1. The summed E-state index contributed by atoms with van der Waals surface area (Å²) < 4.78 is 5.11. The maximum atomic E-state index is 8.79. The lowest BCUT2D eigenvalue weighted by Crippen LogP contribution is -2.15. The smallest absolute Gasteiger partial charge is 0.142 e. The van der Waals surface area contributed by atoms with Gasteiger partial charge in [-0.25, -0.2) is 0 Å². The molecule has 1 rings (SSSR count). The molecular formula is C9H16N2O2. The van der Waals surface area contributed by atoms with Gasteiger partial charge in [-0.1, -0.05) is 25.9 Å². The lowest BCUT2D eigenvalue weighted by molar-refractivity contribution is 0.259. The van der Waals surface area contributed by atoms with E-state index in [0.29, 0.717) is 5.69 Å². The van der Waals surface area contributed by atoms with Crippen molar-refractivity contribution in [2.24, 2.45) is 5.73 Å². The highest BCUT2D eigenvalue weighted by atomic mass is 16.5. The molecule has 0 aromatic carbocycles. The average Bonchev–Trinajstić information content (AvgIpc) is 2.50. The van der Waals surface area contributed by atoms with Crippen molar-refractivity contribution in [1.82, 2.24) is 5.16 Å². The van der Waals surface area contributed by atoms with E-state index in [1.807, 2.05) is 20.8 Å². The molecule has 1 unspecified atom stereocenters. The van der Waals surface area contributed by atoms with Crippen LogP contribution in [0.25, 0.3) is 0 Å². The molecule has 0 aliphatic heterocycles. The number of aliphatic hydroxyl groups excluding tert-OH is 1. The van der Waals surface area contributed by atoms with Gasteiger partial charge >= 0.3 is 0 Å². The van der Waals surface area contributed by atoms with Crippen LogP contribution in [0.5, 0.6) is 0 Å². The third kappa shape index (κ3) is 2.29. The third-order valence-electron chi connectivity index (χ3n) is 1.84. The molecule has 0 aliphatic rings. The van der Waals surface area contributed by atoms with Crippen molar-refractivity contribution in [2.75, 3.05) is 6.61 Å². The summed E-state index contributed by atoms with van der Waals surface area (Å²) >= 11 is 0. The maximum absolute atomic E-state index is 8.79. The molecule has 0 amide bonds. The lowest BCUT2D eigenvalue weighted by atomic mass is 9.93. The molecule has 1 aromatic heterocycles. The second-order valence-electron chi connectivity index (χ2n) is 4.16. The Labute approximate surface area is 77.7 Å². The Morgan fingerprint density at radius 1 is 1.62 bits per heavy atom. The molecule has 0 saturated heterocycles. The van der Waals surface area contributed by atoms with Gasteiger partial charge in [-0.2, -0.15) is 0 Å². The summed E-state index contributed by atoms with van der Waals surface area (Å²) in [5.41, 5.74) is 6.11. The summed E-state index contributed by atoms with van der Waals surface area (Å²) in [6, 6.07) is 1.35. The number of rotatable bonds is 2. The van der Waals surface area contributed by atoms with Crippen molar-refractivity contribution >= 4 is 0 Å². The summed E-state index contributed by atoms with van der Waals surface area (Å²) in [6.07, 6.45) is 0. The van der Waals surface area contributed by atoms with Crippen LogP contribution in [0.15, 0.2) is 10.6 Å². The minimum atomic E-state index is -0.445. The second-order valence-corrected chi connectivity index (χ2v) is 4.16. The van der Waals surface area contributed by atoms with Crippen molar-refractivity contribution in [1.29, 1.82) is 0 Å². The van der Waals surface area contributed by atoms with Gasteiger partial charge in [-0.15, -0.1) is 0 Å². The summed E-state index contributed by atoms with van der Waals surface area (Å²) in [6.45, 7) is 5.97.